The average molecular weight is 265 g/mol. The summed E-state index contributed by atoms with van der Waals surface area (Å²) in [5.74, 6) is -0.0720. The maximum Gasteiger partial charge on any atom is 0.238 e. The topological polar surface area (TPSA) is 78.6 Å². The molecule has 0 saturated heterocycles. The number of nitrogens with zero attached hydrogens (tertiary/aromatic N) is 1. The third-order valence-electron chi connectivity index (χ3n) is 2.85. The number of amides is 1. The molecule has 5 heteroatoms. The molecule has 0 unspecified atom stereocenters. The van der Waals surface area contributed by atoms with Crippen LogP contribution in [0.2, 0.25) is 0 Å². The Morgan fingerprint density at radius 3 is 2.79 bits per heavy atom. The molecule has 0 aliphatic rings. The Morgan fingerprint density at radius 1 is 1.47 bits per heavy atom. The Morgan fingerprint density at radius 2 is 2.21 bits per heavy atom. The third-order valence-corrected chi connectivity index (χ3v) is 2.85. The Balaban J connectivity index is 2.52. The molecule has 0 aromatic heterocycles. The number of benzene rings is 1. The molecular formula is C14H23N3O2. The van der Waals surface area contributed by atoms with Crippen molar-refractivity contribution in [1.82, 2.24) is 4.90 Å². The van der Waals surface area contributed by atoms with E-state index in [0.29, 0.717) is 30.9 Å². The highest BCUT2D eigenvalue weighted by Crippen LogP contribution is 2.12. The molecule has 0 radical (unpaired) electrons. The molecule has 19 heavy (non-hydrogen) atoms. The molecule has 4 N–H and O–H groups in total. The maximum atomic E-state index is 11.9. The zero-order valence-electron chi connectivity index (χ0n) is 11.6. The fraction of sp³-hybridized carbons (Fsp3) is 0.500. The lowest BCUT2D eigenvalue weighted by Crippen LogP contribution is -2.39. The second kappa shape index (κ2) is 7.76. The highest BCUT2D eigenvalue weighted by Gasteiger charge is 2.13. The standard InChI is InChI=1S/C14H23N3O2/c1-11(2)17(7-4-8-18)10-14(19)16-13-6-3-5-12(15)9-13/h3,5-6,9,11,18H,4,7-8,10,15H2,1-2H3,(H,16,19). The minimum atomic E-state index is -0.0720. The summed E-state index contributed by atoms with van der Waals surface area (Å²) in [6.07, 6.45) is 0.670. The number of nitrogen functional groups attached to an aromatic ring is 1. The molecule has 0 aliphatic carbocycles. The lowest BCUT2D eigenvalue weighted by atomic mass is 10.2. The highest BCUT2D eigenvalue weighted by atomic mass is 16.3. The molecule has 0 atom stereocenters. The Labute approximate surface area is 114 Å². The van der Waals surface area contributed by atoms with E-state index in [1.165, 1.54) is 0 Å². The maximum absolute atomic E-state index is 11.9. The number of carbonyl (C=O) groups excluding carboxylic acids is 1. The van der Waals surface area contributed by atoms with Crippen LogP contribution < -0.4 is 11.1 Å². The number of hydrogen-bond donors (Lipinski definition) is 3. The zero-order chi connectivity index (χ0) is 14.3. The second-order valence-electron chi connectivity index (χ2n) is 4.82. The lowest BCUT2D eigenvalue weighted by molar-refractivity contribution is -0.117. The van der Waals surface area contributed by atoms with Crippen molar-refractivity contribution < 1.29 is 9.90 Å². The van der Waals surface area contributed by atoms with E-state index in [9.17, 15) is 4.79 Å². The van der Waals surface area contributed by atoms with Crippen LogP contribution >= 0.6 is 0 Å². The minimum Gasteiger partial charge on any atom is -0.399 e. The van der Waals surface area contributed by atoms with E-state index in [0.717, 1.165) is 0 Å². The SMILES string of the molecule is CC(C)N(CCCO)CC(=O)Nc1cccc(N)c1. The van der Waals surface area contributed by atoms with Crippen molar-refractivity contribution >= 4 is 17.3 Å². The normalized spacial score (nSPS) is 11.0. The summed E-state index contributed by atoms with van der Waals surface area (Å²) in [6, 6.07) is 7.37. The number of carbonyl (C=O) groups is 1. The van der Waals surface area contributed by atoms with Crippen LogP contribution in [0.4, 0.5) is 11.4 Å². The summed E-state index contributed by atoms with van der Waals surface area (Å²) in [5, 5.41) is 11.7. The summed E-state index contributed by atoms with van der Waals surface area (Å²) < 4.78 is 0. The molecule has 0 saturated carbocycles. The predicted octanol–water partition coefficient (Wildman–Crippen LogP) is 1.30. The Bertz CT molecular complexity index is 407. The highest BCUT2D eigenvalue weighted by molar-refractivity contribution is 5.92. The number of rotatable bonds is 7. The molecule has 106 valence electrons. The number of aliphatic hydroxyl groups is 1. The third kappa shape index (κ3) is 5.72. The Hall–Kier alpha value is -1.59. The minimum absolute atomic E-state index is 0.0720. The quantitative estimate of drug-likeness (QED) is 0.649. The molecule has 1 rings (SSSR count). The van der Waals surface area contributed by atoms with Crippen LogP contribution in [-0.4, -0.2) is 41.7 Å². The smallest absolute Gasteiger partial charge is 0.238 e. The van der Waals surface area contributed by atoms with Crippen molar-refractivity contribution in [3.05, 3.63) is 24.3 Å². The van der Waals surface area contributed by atoms with Gasteiger partial charge in [0.15, 0.2) is 0 Å². The van der Waals surface area contributed by atoms with Crippen LogP contribution in [0, 0.1) is 0 Å². The molecule has 1 aromatic carbocycles. The average Bonchev–Trinajstić information content (AvgIpc) is 2.34. The molecule has 1 aromatic rings. The van der Waals surface area contributed by atoms with Gasteiger partial charge >= 0.3 is 0 Å². The fourth-order valence-corrected chi connectivity index (χ4v) is 1.80. The number of aliphatic hydroxyl groups excluding tert-OH is 1. The molecule has 1 amide bonds. The number of hydrogen-bond acceptors (Lipinski definition) is 4. The number of anilines is 2. The van der Waals surface area contributed by atoms with Gasteiger partial charge in [0, 0.05) is 30.6 Å². The van der Waals surface area contributed by atoms with Crippen molar-refractivity contribution in [3.63, 3.8) is 0 Å². The van der Waals surface area contributed by atoms with Crippen LogP contribution in [-0.2, 0) is 4.79 Å². The second-order valence-corrected chi connectivity index (χ2v) is 4.82. The van der Waals surface area contributed by atoms with Crippen molar-refractivity contribution in [1.29, 1.82) is 0 Å². The van der Waals surface area contributed by atoms with E-state index in [2.05, 4.69) is 5.32 Å². The molecule has 0 fully saturated rings. The number of nitrogens with two attached hydrogens (primary N) is 1. The van der Waals surface area contributed by atoms with Crippen LogP contribution in [0.5, 0.6) is 0 Å². The zero-order valence-corrected chi connectivity index (χ0v) is 11.6. The fourth-order valence-electron chi connectivity index (χ4n) is 1.80. The van der Waals surface area contributed by atoms with Gasteiger partial charge in [-0.25, -0.2) is 0 Å². The molecule has 0 spiro atoms. The summed E-state index contributed by atoms with van der Waals surface area (Å²) >= 11 is 0. The van der Waals surface area contributed by atoms with E-state index >= 15 is 0 Å². The van der Waals surface area contributed by atoms with Crippen LogP contribution in [0.3, 0.4) is 0 Å². The van der Waals surface area contributed by atoms with Gasteiger partial charge in [-0.2, -0.15) is 0 Å². The molecule has 0 bridgehead atoms. The Kier molecular flexibility index (Phi) is 6.32. The molecule has 5 nitrogen and oxygen atoms in total. The summed E-state index contributed by atoms with van der Waals surface area (Å²) in [4.78, 5) is 14.0. The van der Waals surface area contributed by atoms with Gasteiger partial charge in [-0.3, -0.25) is 9.69 Å². The summed E-state index contributed by atoms with van der Waals surface area (Å²) in [6.45, 7) is 5.22. The lowest BCUT2D eigenvalue weighted by Gasteiger charge is -2.25. The van der Waals surface area contributed by atoms with Crippen molar-refractivity contribution in [3.8, 4) is 0 Å². The van der Waals surface area contributed by atoms with Gasteiger partial charge in [0.2, 0.25) is 5.91 Å². The van der Waals surface area contributed by atoms with E-state index in [-0.39, 0.29) is 18.6 Å². The van der Waals surface area contributed by atoms with Gasteiger partial charge in [-0.05, 0) is 38.5 Å². The van der Waals surface area contributed by atoms with Gasteiger partial charge in [0.05, 0.1) is 6.54 Å². The first-order chi connectivity index (χ1) is 9.02. The monoisotopic (exact) mass is 265 g/mol. The van der Waals surface area contributed by atoms with Gasteiger partial charge in [0.25, 0.3) is 0 Å². The van der Waals surface area contributed by atoms with E-state index < -0.39 is 0 Å². The summed E-state index contributed by atoms with van der Waals surface area (Å²) in [7, 11) is 0. The van der Waals surface area contributed by atoms with E-state index in [1.807, 2.05) is 24.8 Å². The van der Waals surface area contributed by atoms with E-state index in [1.54, 1.807) is 18.2 Å². The number of nitrogens with one attached hydrogen (secondary N) is 1. The predicted molar refractivity (Wildman–Crippen MR) is 77.9 cm³/mol. The van der Waals surface area contributed by atoms with Crippen LogP contribution in [0.15, 0.2) is 24.3 Å². The molecule has 0 aliphatic heterocycles. The van der Waals surface area contributed by atoms with Crippen molar-refractivity contribution in [2.24, 2.45) is 0 Å². The first-order valence-corrected chi connectivity index (χ1v) is 6.53. The van der Waals surface area contributed by atoms with Gasteiger partial charge in [0.1, 0.15) is 0 Å². The van der Waals surface area contributed by atoms with Gasteiger partial charge in [-0.15, -0.1) is 0 Å². The van der Waals surface area contributed by atoms with Crippen molar-refractivity contribution in [2.75, 3.05) is 30.7 Å². The largest absolute Gasteiger partial charge is 0.399 e. The molecule has 0 heterocycles. The van der Waals surface area contributed by atoms with E-state index in [4.69, 9.17) is 10.8 Å². The van der Waals surface area contributed by atoms with Gasteiger partial charge < -0.3 is 16.2 Å². The van der Waals surface area contributed by atoms with Crippen LogP contribution in [0.25, 0.3) is 0 Å². The first-order valence-electron chi connectivity index (χ1n) is 6.53. The van der Waals surface area contributed by atoms with Gasteiger partial charge in [-0.1, -0.05) is 6.07 Å². The first kappa shape index (κ1) is 15.5. The van der Waals surface area contributed by atoms with Crippen LogP contribution in [0.1, 0.15) is 20.3 Å². The van der Waals surface area contributed by atoms with Crippen molar-refractivity contribution in [2.45, 2.75) is 26.3 Å². The molecular weight excluding hydrogens is 242 g/mol. The summed E-state index contributed by atoms with van der Waals surface area (Å²) in [5.41, 5.74) is 6.99.